The Bertz CT molecular complexity index is 2230. The molecule has 0 radical (unpaired) electrons. The van der Waals surface area contributed by atoms with Crippen molar-refractivity contribution >= 4 is 39.5 Å². The Labute approximate surface area is 608 Å². The first-order chi connectivity index (χ1) is 48.7. The van der Waals surface area contributed by atoms with E-state index in [1.165, 1.54) is 116 Å². The summed E-state index contributed by atoms with van der Waals surface area (Å²) in [5.74, 6) is -2.22. The molecule has 0 aliphatic heterocycles. The second-order valence-corrected chi connectivity index (χ2v) is 29.6. The van der Waals surface area contributed by atoms with Gasteiger partial charge in [0.25, 0.3) is 0 Å². The van der Waals surface area contributed by atoms with Crippen molar-refractivity contribution in [3.8, 4) is 0 Å². The Morgan fingerprint density at radius 3 is 0.760 bits per heavy atom. The summed E-state index contributed by atoms with van der Waals surface area (Å²) in [7, 11) is -9.96. The van der Waals surface area contributed by atoms with Crippen LogP contribution >= 0.6 is 15.6 Å². The number of unbranched alkanes of at least 4 members (excludes halogenated alkanes) is 38. The van der Waals surface area contributed by atoms with Gasteiger partial charge in [-0.05, 0) is 128 Å². The van der Waals surface area contributed by atoms with Gasteiger partial charge in [-0.1, -0.05) is 280 Å². The lowest BCUT2D eigenvalue weighted by Gasteiger charge is -2.21. The van der Waals surface area contributed by atoms with Gasteiger partial charge in [-0.2, -0.15) is 0 Å². The lowest BCUT2D eigenvalue weighted by molar-refractivity contribution is -0.161. The topological polar surface area (TPSA) is 237 Å². The third-order valence-corrected chi connectivity index (χ3v) is 18.8. The molecule has 17 nitrogen and oxygen atoms in total. The van der Waals surface area contributed by atoms with E-state index >= 15 is 0 Å². The van der Waals surface area contributed by atoms with Crippen LogP contribution in [-0.4, -0.2) is 96.7 Å². The molecular weight excluding hydrogens is 1310 g/mol. The third-order valence-electron chi connectivity index (χ3n) is 16.9. The van der Waals surface area contributed by atoms with Gasteiger partial charge in [0.1, 0.15) is 19.3 Å². The van der Waals surface area contributed by atoms with Crippen molar-refractivity contribution in [2.24, 2.45) is 0 Å². The van der Waals surface area contributed by atoms with Crippen LogP contribution < -0.4 is 0 Å². The summed E-state index contributed by atoms with van der Waals surface area (Å²) in [6.07, 6.45) is 75.5. The molecule has 0 spiro atoms. The van der Waals surface area contributed by atoms with Crippen molar-refractivity contribution in [1.82, 2.24) is 0 Å². The van der Waals surface area contributed by atoms with Crippen molar-refractivity contribution in [3.05, 3.63) is 85.1 Å². The van der Waals surface area contributed by atoms with E-state index in [1.54, 1.807) is 0 Å². The summed E-state index contributed by atoms with van der Waals surface area (Å²) in [4.78, 5) is 73.0. The molecule has 0 aliphatic rings. The molecule has 0 saturated heterocycles. The number of phosphoric ester groups is 2. The number of ether oxygens (including phenoxy) is 4. The molecule has 0 saturated carbocycles. The first kappa shape index (κ1) is 96.2. The summed E-state index contributed by atoms with van der Waals surface area (Å²) < 4.78 is 68.6. The van der Waals surface area contributed by atoms with E-state index in [0.29, 0.717) is 25.7 Å². The quantitative estimate of drug-likeness (QED) is 0.0128. The predicted octanol–water partition coefficient (Wildman–Crippen LogP) is 23.0. The van der Waals surface area contributed by atoms with Crippen LogP contribution in [0, 0.1) is 0 Å². The van der Waals surface area contributed by atoms with Gasteiger partial charge >= 0.3 is 39.5 Å². The number of phosphoric acid groups is 2. The summed E-state index contributed by atoms with van der Waals surface area (Å²) in [6.45, 7) is 4.79. The molecule has 5 atom stereocenters. The van der Waals surface area contributed by atoms with Crippen molar-refractivity contribution < 1.29 is 80.2 Å². The number of carbonyl (C=O) groups is 4. The summed E-state index contributed by atoms with van der Waals surface area (Å²) in [5, 5.41) is 10.6. The van der Waals surface area contributed by atoms with E-state index in [1.807, 2.05) is 0 Å². The maximum Gasteiger partial charge on any atom is 0.472 e. The highest BCUT2D eigenvalue weighted by atomic mass is 31.2. The molecule has 0 heterocycles. The minimum absolute atomic E-state index is 0.0749. The van der Waals surface area contributed by atoms with E-state index in [4.69, 9.17) is 37.0 Å². The molecule has 19 heteroatoms. The minimum Gasteiger partial charge on any atom is -0.462 e. The van der Waals surface area contributed by atoms with Gasteiger partial charge in [0.05, 0.1) is 26.4 Å². The van der Waals surface area contributed by atoms with Gasteiger partial charge in [-0.3, -0.25) is 37.3 Å². The largest absolute Gasteiger partial charge is 0.472 e. The van der Waals surface area contributed by atoms with Crippen LogP contribution in [0.2, 0.25) is 0 Å². The van der Waals surface area contributed by atoms with Crippen LogP contribution in [0.3, 0.4) is 0 Å². The molecule has 100 heavy (non-hydrogen) atoms. The van der Waals surface area contributed by atoms with Gasteiger partial charge in [-0.15, -0.1) is 0 Å². The summed E-state index contributed by atoms with van der Waals surface area (Å²) in [6, 6.07) is 0. The van der Waals surface area contributed by atoms with Gasteiger partial charge in [-0.25, -0.2) is 9.13 Å². The molecule has 3 N–H and O–H groups in total. The number of aliphatic hydroxyl groups is 1. The van der Waals surface area contributed by atoms with Gasteiger partial charge in [0, 0.05) is 25.7 Å². The first-order valence-electron chi connectivity index (χ1n) is 39.9. The fraction of sp³-hybridized carbons (Fsp3) is 0.778. The van der Waals surface area contributed by atoms with Gasteiger partial charge in [0.2, 0.25) is 0 Å². The Hall–Kier alpha value is -3.76. The van der Waals surface area contributed by atoms with Crippen molar-refractivity contribution in [2.75, 3.05) is 39.6 Å². The molecule has 0 amide bonds. The monoisotopic (exact) mass is 1450 g/mol. The zero-order valence-electron chi connectivity index (χ0n) is 63.4. The molecule has 0 aliphatic carbocycles. The second-order valence-electron chi connectivity index (χ2n) is 26.7. The highest BCUT2D eigenvalue weighted by Gasteiger charge is 2.30. The molecule has 0 aromatic carbocycles. The molecule has 0 rings (SSSR count). The van der Waals surface area contributed by atoms with Crippen LogP contribution in [0.15, 0.2) is 85.1 Å². The van der Waals surface area contributed by atoms with Crippen LogP contribution in [0.5, 0.6) is 0 Å². The van der Waals surface area contributed by atoms with Gasteiger partial charge < -0.3 is 33.8 Å². The number of rotatable bonds is 75. The fourth-order valence-corrected chi connectivity index (χ4v) is 12.3. The van der Waals surface area contributed by atoms with Crippen molar-refractivity contribution in [2.45, 2.75) is 367 Å². The lowest BCUT2D eigenvalue weighted by atomic mass is 10.1. The Morgan fingerprint density at radius 1 is 0.280 bits per heavy atom. The number of hydrogen-bond acceptors (Lipinski definition) is 15. The maximum atomic E-state index is 13.1. The summed E-state index contributed by atoms with van der Waals surface area (Å²) >= 11 is 0. The number of hydrogen-bond donors (Lipinski definition) is 3. The molecular formula is C81H144O17P2. The molecule has 580 valence electrons. The van der Waals surface area contributed by atoms with E-state index < -0.39 is 97.5 Å². The number of aliphatic hydroxyl groups excluding tert-OH is 1. The standard InChI is InChI=1S/C81H144O17P2/c1-5-9-13-17-21-25-29-33-37-41-45-49-53-57-61-65-78(83)91-71-76(97-80(85)67-63-59-55-51-47-43-39-35-31-27-23-19-15-11-7-3)73-95-99(87,88)93-69-75(82)70-94-100(89,90)96-74-77(98-81(86)68-64-60-56-52-48-44-40-36-32-28-24-20-16-12-8-4)72-92-79(84)66-62-58-54-50-46-42-38-34-30-26-22-18-14-10-6-2/h25-27,29-31,33-40,75-77,82H,5-24,28,32,41-74H2,1-4H3,(H,87,88)(H,89,90)/b29-25-,30-26-,31-27-,37-33-,38-34-,39-35-,40-36-/t75-,76-,77-/m1/s1. The SMILES string of the molecule is CCCCCC/C=C\C=C/CCCCCCCC(=O)OC[C@H](COP(=O)(O)OC[C@@H](O)COP(=O)(O)OC[C@@H](COC(=O)CCCCCCC/C=C\C=C/CCCCCC)OC(=O)CCCCCCC/C=C\CCCCCCCC)OC(=O)CCCCCCC/C=C\C=C/CCCCCC. The van der Waals surface area contributed by atoms with Crippen LogP contribution in [-0.2, 0) is 65.4 Å². The number of esters is 4. The Morgan fingerprint density at radius 2 is 0.490 bits per heavy atom. The Kier molecular flexibility index (Phi) is 70.8. The predicted molar refractivity (Wildman–Crippen MR) is 409 cm³/mol. The van der Waals surface area contributed by atoms with E-state index in [9.17, 15) is 43.2 Å². The van der Waals surface area contributed by atoms with Crippen molar-refractivity contribution in [3.63, 3.8) is 0 Å². The second kappa shape index (κ2) is 73.5. The molecule has 0 aromatic heterocycles. The minimum atomic E-state index is -4.98. The van der Waals surface area contributed by atoms with Crippen molar-refractivity contribution in [1.29, 1.82) is 0 Å². The molecule has 0 aromatic rings. The first-order valence-corrected chi connectivity index (χ1v) is 42.9. The van der Waals surface area contributed by atoms with E-state index in [-0.39, 0.29) is 25.7 Å². The van der Waals surface area contributed by atoms with Crippen LogP contribution in [0.25, 0.3) is 0 Å². The van der Waals surface area contributed by atoms with Crippen LogP contribution in [0.4, 0.5) is 0 Å². The highest BCUT2D eigenvalue weighted by Crippen LogP contribution is 2.45. The van der Waals surface area contributed by atoms with E-state index in [2.05, 4.69) is 113 Å². The van der Waals surface area contributed by atoms with Crippen LogP contribution in [0.1, 0.15) is 349 Å². The normalized spacial score (nSPS) is 14.3. The average molecular weight is 1450 g/mol. The lowest BCUT2D eigenvalue weighted by Crippen LogP contribution is -2.30. The fourth-order valence-electron chi connectivity index (χ4n) is 10.7. The number of allylic oxidation sites excluding steroid dienone is 14. The zero-order valence-corrected chi connectivity index (χ0v) is 65.2. The molecule has 0 fully saturated rings. The number of carbonyl (C=O) groups excluding carboxylic acids is 4. The summed E-state index contributed by atoms with van der Waals surface area (Å²) in [5.41, 5.74) is 0. The zero-order chi connectivity index (χ0) is 73.2. The molecule has 2 unspecified atom stereocenters. The Balaban J connectivity index is 5.39. The highest BCUT2D eigenvalue weighted by molar-refractivity contribution is 7.47. The smallest absolute Gasteiger partial charge is 0.462 e. The third kappa shape index (κ3) is 72.6. The maximum absolute atomic E-state index is 13.1. The molecule has 0 bridgehead atoms. The van der Waals surface area contributed by atoms with Gasteiger partial charge in [0.15, 0.2) is 12.2 Å². The average Bonchev–Trinajstić information content (AvgIpc) is 1.01. The van der Waals surface area contributed by atoms with E-state index in [0.717, 1.165) is 154 Å².